The van der Waals surface area contributed by atoms with Crippen LogP contribution in [0.1, 0.15) is 17.2 Å². The Kier molecular flexibility index (Phi) is 2.92. The van der Waals surface area contributed by atoms with Crippen molar-refractivity contribution in [3.8, 4) is 17.2 Å². The van der Waals surface area contributed by atoms with E-state index in [0.29, 0.717) is 22.8 Å². The Morgan fingerprint density at radius 3 is 2.73 bits per heavy atom. The second kappa shape index (κ2) is 4.94. The van der Waals surface area contributed by atoms with Crippen molar-refractivity contribution in [1.29, 1.82) is 0 Å². The molecule has 2 heterocycles. The summed E-state index contributed by atoms with van der Waals surface area (Å²) in [7, 11) is 0. The maximum Gasteiger partial charge on any atom is 0.231 e. The minimum Gasteiger partial charge on any atom is -0.734 e. The third kappa shape index (κ3) is 2.05. The van der Waals surface area contributed by atoms with Gasteiger partial charge in [-0.3, -0.25) is 5.21 Å². The largest absolute Gasteiger partial charge is 0.734 e. The predicted octanol–water partition coefficient (Wildman–Crippen LogP) is 3.08. The summed E-state index contributed by atoms with van der Waals surface area (Å²) in [6.07, 6.45) is 0.896. The molecule has 112 valence electrons. The Labute approximate surface area is 126 Å². The van der Waals surface area contributed by atoms with Crippen LogP contribution in [0.3, 0.4) is 0 Å². The fourth-order valence-corrected chi connectivity index (χ4v) is 2.60. The lowest BCUT2D eigenvalue weighted by Crippen LogP contribution is -2.24. The van der Waals surface area contributed by atoms with Gasteiger partial charge in [0.1, 0.15) is 5.75 Å². The molecule has 1 atom stereocenters. The molecule has 0 aliphatic carbocycles. The van der Waals surface area contributed by atoms with Crippen molar-refractivity contribution >= 4 is 6.08 Å². The quantitative estimate of drug-likeness (QED) is 0.859. The van der Waals surface area contributed by atoms with E-state index in [1.807, 2.05) is 24.3 Å². The molecule has 0 saturated carbocycles. The van der Waals surface area contributed by atoms with Gasteiger partial charge < -0.3 is 24.6 Å². The van der Waals surface area contributed by atoms with Crippen LogP contribution in [-0.4, -0.2) is 17.2 Å². The summed E-state index contributed by atoms with van der Waals surface area (Å²) in [5.74, 6) is 1.89. The summed E-state index contributed by atoms with van der Waals surface area (Å²) >= 11 is 0. The van der Waals surface area contributed by atoms with E-state index in [-0.39, 0.29) is 17.7 Å². The molecule has 2 aliphatic rings. The number of benzene rings is 2. The molecule has 4 rings (SSSR count). The minimum absolute atomic E-state index is 0.109. The normalized spacial score (nSPS) is 18.3. The molecule has 0 aromatic heterocycles. The van der Waals surface area contributed by atoms with Gasteiger partial charge in [0.25, 0.3) is 0 Å². The van der Waals surface area contributed by atoms with Crippen molar-refractivity contribution < 1.29 is 19.4 Å². The van der Waals surface area contributed by atoms with Crippen molar-refractivity contribution in [2.24, 2.45) is 0 Å². The first kappa shape index (κ1) is 13.0. The van der Waals surface area contributed by atoms with Gasteiger partial charge in [-0.15, -0.1) is 0 Å². The van der Waals surface area contributed by atoms with Crippen LogP contribution in [0.2, 0.25) is 0 Å². The first-order valence-corrected chi connectivity index (χ1v) is 6.75. The molecular formula is C16H12NO5-. The molecule has 22 heavy (non-hydrogen) atoms. The number of rotatable bonds is 2. The molecule has 0 radical (unpaired) electrons. The number of para-hydroxylation sites is 1. The summed E-state index contributed by atoms with van der Waals surface area (Å²) in [5.41, 5.74) is 1.54. The van der Waals surface area contributed by atoms with E-state index in [9.17, 15) is 10.4 Å². The Bertz CT molecular complexity index is 756. The van der Waals surface area contributed by atoms with Gasteiger partial charge in [-0.05, 0) is 24.3 Å². The van der Waals surface area contributed by atoms with Crippen LogP contribution in [0.25, 0.3) is 6.08 Å². The fourth-order valence-electron chi connectivity index (χ4n) is 2.60. The summed E-state index contributed by atoms with van der Waals surface area (Å²) in [4.78, 5) is 0. The predicted molar refractivity (Wildman–Crippen MR) is 77.3 cm³/mol. The van der Waals surface area contributed by atoms with Crippen LogP contribution in [0.4, 0.5) is 0 Å². The Hall–Kier alpha value is -2.70. The SMILES string of the molecule is [O-]N(O)C1=Cc2ccccc2OC1c1ccc2c(c1)OCO2. The molecule has 2 aromatic rings. The third-order valence-electron chi connectivity index (χ3n) is 3.66. The van der Waals surface area contributed by atoms with Crippen molar-refractivity contribution in [1.82, 2.24) is 5.23 Å². The van der Waals surface area contributed by atoms with E-state index in [1.54, 1.807) is 24.3 Å². The van der Waals surface area contributed by atoms with Crippen LogP contribution in [0.5, 0.6) is 17.2 Å². The number of ether oxygens (including phenoxy) is 3. The van der Waals surface area contributed by atoms with Gasteiger partial charge in [0.15, 0.2) is 17.6 Å². The molecule has 0 amide bonds. The number of hydroxylamine groups is 2. The summed E-state index contributed by atoms with van der Waals surface area (Å²) < 4.78 is 16.5. The number of hydrogen-bond donors (Lipinski definition) is 1. The van der Waals surface area contributed by atoms with Gasteiger partial charge in [0.05, 0.1) is 5.70 Å². The highest BCUT2D eigenvalue weighted by Crippen LogP contribution is 2.41. The van der Waals surface area contributed by atoms with Crippen molar-refractivity contribution in [3.05, 3.63) is 64.5 Å². The van der Waals surface area contributed by atoms with Crippen LogP contribution in [-0.2, 0) is 0 Å². The highest BCUT2D eigenvalue weighted by molar-refractivity contribution is 5.63. The van der Waals surface area contributed by atoms with Crippen LogP contribution < -0.4 is 14.2 Å². The minimum atomic E-state index is -0.716. The molecule has 1 unspecified atom stereocenters. The monoisotopic (exact) mass is 298 g/mol. The maximum atomic E-state index is 11.5. The molecule has 0 fully saturated rings. The first-order valence-electron chi connectivity index (χ1n) is 6.75. The van der Waals surface area contributed by atoms with E-state index in [1.165, 1.54) is 0 Å². The lowest BCUT2D eigenvalue weighted by Gasteiger charge is -2.34. The Balaban J connectivity index is 1.78. The molecule has 6 heteroatoms. The summed E-state index contributed by atoms with van der Waals surface area (Å²) in [6, 6.07) is 12.6. The smallest absolute Gasteiger partial charge is 0.231 e. The number of nitrogens with zero attached hydrogens (tertiary/aromatic N) is 1. The standard InChI is InChI=1S/C16H12NO5/c18-17(19)12-7-10-3-1-2-4-13(10)22-16(12)11-5-6-14-15(8-11)21-9-20-14/h1-8,16,18H,9H2/q-1. The van der Waals surface area contributed by atoms with Crippen LogP contribution >= 0.6 is 0 Å². The van der Waals surface area contributed by atoms with Crippen LogP contribution in [0, 0.1) is 5.21 Å². The molecule has 6 nitrogen and oxygen atoms in total. The van der Waals surface area contributed by atoms with Gasteiger partial charge in [0, 0.05) is 11.1 Å². The zero-order valence-electron chi connectivity index (χ0n) is 11.4. The first-order chi connectivity index (χ1) is 10.7. The van der Waals surface area contributed by atoms with Crippen molar-refractivity contribution in [3.63, 3.8) is 0 Å². The molecule has 0 bridgehead atoms. The Morgan fingerprint density at radius 1 is 1.05 bits per heavy atom. The average Bonchev–Trinajstić information content (AvgIpc) is 3.01. The molecule has 1 N–H and O–H groups in total. The topological polar surface area (TPSA) is 74.2 Å². The molecule has 0 spiro atoms. The van der Waals surface area contributed by atoms with Gasteiger partial charge in [-0.1, -0.05) is 24.3 Å². The lowest BCUT2D eigenvalue weighted by molar-refractivity contribution is -0.0244. The van der Waals surface area contributed by atoms with E-state index in [2.05, 4.69) is 0 Å². The van der Waals surface area contributed by atoms with Gasteiger partial charge in [-0.25, -0.2) is 0 Å². The van der Waals surface area contributed by atoms with Gasteiger partial charge in [-0.2, -0.15) is 0 Å². The zero-order chi connectivity index (χ0) is 15.1. The van der Waals surface area contributed by atoms with E-state index >= 15 is 0 Å². The Morgan fingerprint density at radius 2 is 1.86 bits per heavy atom. The molecular weight excluding hydrogens is 286 g/mol. The van der Waals surface area contributed by atoms with E-state index in [0.717, 1.165) is 5.56 Å². The molecule has 2 aromatic carbocycles. The van der Waals surface area contributed by atoms with Crippen LogP contribution in [0.15, 0.2) is 48.2 Å². The highest BCUT2D eigenvalue weighted by atomic mass is 16.8. The third-order valence-corrected chi connectivity index (χ3v) is 3.66. The molecule has 2 aliphatic heterocycles. The summed E-state index contributed by atoms with van der Waals surface area (Å²) in [5, 5.41) is 20.7. The number of hydrogen-bond acceptors (Lipinski definition) is 6. The fraction of sp³-hybridized carbons (Fsp3) is 0.125. The van der Waals surface area contributed by atoms with Crippen molar-refractivity contribution in [2.75, 3.05) is 6.79 Å². The highest BCUT2D eigenvalue weighted by Gasteiger charge is 2.27. The van der Waals surface area contributed by atoms with Gasteiger partial charge >= 0.3 is 0 Å². The second-order valence-corrected chi connectivity index (χ2v) is 4.99. The number of fused-ring (bicyclic) bond motifs is 2. The zero-order valence-corrected chi connectivity index (χ0v) is 11.4. The average molecular weight is 298 g/mol. The summed E-state index contributed by atoms with van der Waals surface area (Å²) in [6.45, 7) is 0.170. The van der Waals surface area contributed by atoms with E-state index < -0.39 is 6.10 Å². The second-order valence-electron chi connectivity index (χ2n) is 4.99. The lowest BCUT2D eigenvalue weighted by atomic mass is 10.0. The maximum absolute atomic E-state index is 11.5. The van der Waals surface area contributed by atoms with Crippen molar-refractivity contribution in [2.45, 2.75) is 6.10 Å². The van der Waals surface area contributed by atoms with E-state index in [4.69, 9.17) is 14.2 Å². The molecule has 0 saturated heterocycles. The van der Waals surface area contributed by atoms with Gasteiger partial charge in [0.2, 0.25) is 6.79 Å².